The second kappa shape index (κ2) is 5.76. The van der Waals surface area contributed by atoms with E-state index >= 15 is 0 Å². The van der Waals surface area contributed by atoms with Crippen LogP contribution in [-0.4, -0.2) is 46.2 Å². The number of aliphatic hydroxyl groups is 1. The molecule has 2 N–H and O–H groups in total. The van der Waals surface area contributed by atoms with Crippen molar-refractivity contribution in [3.05, 3.63) is 34.2 Å². The first-order valence-corrected chi connectivity index (χ1v) is 8.56. The average Bonchev–Trinajstić information content (AvgIpc) is 3.12. The number of piperidine rings is 1. The summed E-state index contributed by atoms with van der Waals surface area (Å²) in [6.07, 6.45) is 3.31. The third-order valence-electron chi connectivity index (χ3n) is 5.71. The van der Waals surface area contributed by atoms with Gasteiger partial charge in [-0.1, -0.05) is 6.07 Å². The lowest BCUT2D eigenvalue weighted by molar-refractivity contribution is -0.135. The highest BCUT2D eigenvalue weighted by molar-refractivity contribution is 5.83. The molecule has 4 heterocycles. The van der Waals surface area contributed by atoms with E-state index < -0.39 is 0 Å². The minimum Gasteiger partial charge on any atom is -0.396 e. The molecule has 4 rings (SSSR count). The minimum absolute atomic E-state index is 0.00528. The predicted molar refractivity (Wildman–Crippen MR) is 84.9 cm³/mol. The van der Waals surface area contributed by atoms with Crippen molar-refractivity contribution in [1.29, 1.82) is 0 Å². The number of pyridine rings is 1. The summed E-state index contributed by atoms with van der Waals surface area (Å²) in [4.78, 5) is 26.8. The van der Waals surface area contributed by atoms with Gasteiger partial charge >= 0.3 is 0 Å². The molecule has 3 aliphatic heterocycles. The van der Waals surface area contributed by atoms with Gasteiger partial charge < -0.3 is 14.6 Å². The lowest BCUT2D eigenvalue weighted by atomic mass is 9.88. The van der Waals surface area contributed by atoms with E-state index in [1.165, 1.54) is 6.42 Å². The summed E-state index contributed by atoms with van der Waals surface area (Å²) in [6.45, 7) is 2.20. The fourth-order valence-corrected chi connectivity index (χ4v) is 4.50. The van der Waals surface area contributed by atoms with Crippen LogP contribution in [-0.2, 0) is 11.3 Å². The van der Waals surface area contributed by atoms with E-state index in [9.17, 15) is 14.7 Å². The summed E-state index contributed by atoms with van der Waals surface area (Å²) in [7, 11) is 0. The Balaban J connectivity index is 1.60. The van der Waals surface area contributed by atoms with Gasteiger partial charge in [-0.05, 0) is 25.3 Å². The molecule has 0 saturated carbocycles. The molecule has 3 aliphatic rings. The first-order chi connectivity index (χ1) is 11.2. The van der Waals surface area contributed by atoms with E-state index in [0.717, 1.165) is 31.6 Å². The van der Waals surface area contributed by atoms with E-state index in [1.807, 2.05) is 11.0 Å². The number of carbonyl (C=O) groups excluding carboxylic acids is 1. The van der Waals surface area contributed by atoms with Crippen LogP contribution in [0.2, 0.25) is 0 Å². The highest BCUT2D eigenvalue weighted by Gasteiger charge is 2.51. The summed E-state index contributed by atoms with van der Waals surface area (Å²) in [6, 6.07) is 4.93. The van der Waals surface area contributed by atoms with Crippen LogP contribution in [0.1, 0.15) is 31.0 Å². The molecule has 124 valence electrons. The highest BCUT2D eigenvalue weighted by Crippen LogP contribution is 2.42. The lowest BCUT2D eigenvalue weighted by Crippen LogP contribution is -2.49. The van der Waals surface area contributed by atoms with Crippen molar-refractivity contribution < 1.29 is 9.90 Å². The maximum atomic E-state index is 12.9. The van der Waals surface area contributed by atoms with Gasteiger partial charge in [0.15, 0.2) is 0 Å². The summed E-state index contributed by atoms with van der Waals surface area (Å²) >= 11 is 0. The van der Waals surface area contributed by atoms with Gasteiger partial charge in [-0.3, -0.25) is 14.9 Å². The van der Waals surface area contributed by atoms with Gasteiger partial charge in [0.25, 0.3) is 5.56 Å². The summed E-state index contributed by atoms with van der Waals surface area (Å²) in [5.41, 5.74) is 0.934. The Morgan fingerprint density at radius 1 is 1.26 bits per heavy atom. The van der Waals surface area contributed by atoms with Gasteiger partial charge in [0.1, 0.15) is 0 Å². The van der Waals surface area contributed by atoms with Gasteiger partial charge in [0, 0.05) is 49.8 Å². The van der Waals surface area contributed by atoms with Crippen LogP contribution in [0, 0.1) is 11.8 Å². The number of likely N-dealkylation sites (tertiary alicyclic amines) is 1. The van der Waals surface area contributed by atoms with Crippen LogP contribution in [0.5, 0.6) is 0 Å². The van der Waals surface area contributed by atoms with Crippen molar-refractivity contribution in [2.45, 2.75) is 37.9 Å². The Morgan fingerprint density at radius 2 is 2.04 bits per heavy atom. The fraction of sp³-hybridized carbons (Fsp3) is 0.647. The zero-order chi connectivity index (χ0) is 16.0. The number of hydrogen-bond acceptors (Lipinski definition) is 4. The van der Waals surface area contributed by atoms with Crippen LogP contribution >= 0.6 is 0 Å². The number of nitrogens with zero attached hydrogens (tertiary/aromatic N) is 2. The van der Waals surface area contributed by atoms with E-state index in [-0.39, 0.29) is 42.0 Å². The maximum absolute atomic E-state index is 12.9. The molecule has 2 saturated heterocycles. The van der Waals surface area contributed by atoms with Crippen LogP contribution in [0.3, 0.4) is 0 Å². The molecule has 0 aliphatic carbocycles. The standard InChI is InChI=1S/C17H23N3O3/c21-10-12-11-9-20-13(5-4-6-14(20)22)15(11)18-16(12)17(23)19-7-2-1-3-8-19/h4-6,11-12,15-16,18,21H,1-3,7-10H2/t11-,12-,15+,16-/m0/s1. The van der Waals surface area contributed by atoms with Crippen molar-refractivity contribution in [2.75, 3.05) is 19.7 Å². The lowest BCUT2D eigenvalue weighted by Gasteiger charge is -2.31. The molecule has 1 aromatic heterocycles. The first-order valence-electron chi connectivity index (χ1n) is 8.56. The average molecular weight is 317 g/mol. The Morgan fingerprint density at radius 3 is 2.78 bits per heavy atom. The summed E-state index contributed by atoms with van der Waals surface area (Å²) in [5.74, 6) is 0.0885. The van der Waals surface area contributed by atoms with Gasteiger partial charge in [-0.2, -0.15) is 0 Å². The molecule has 4 atom stereocenters. The van der Waals surface area contributed by atoms with E-state index in [2.05, 4.69) is 5.32 Å². The smallest absolute Gasteiger partial charge is 0.250 e. The molecule has 0 bridgehead atoms. The quantitative estimate of drug-likeness (QED) is 0.812. The normalized spacial score (nSPS) is 32.7. The van der Waals surface area contributed by atoms with Crippen LogP contribution in [0.4, 0.5) is 0 Å². The third-order valence-corrected chi connectivity index (χ3v) is 5.71. The molecule has 0 radical (unpaired) electrons. The molecular weight excluding hydrogens is 294 g/mol. The number of aliphatic hydroxyl groups excluding tert-OH is 1. The minimum atomic E-state index is -0.336. The summed E-state index contributed by atoms with van der Waals surface area (Å²) in [5, 5.41) is 13.3. The number of aromatic nitrogens is 1. The molecule has 0 aromatic carbocycles. The number of amides is 1. The molecular formula is C17H23N3O3. The largest absolute Gasteiger partial charge is 0.396 e. The number of hydrogen-bond donors (Lipinski definition) is 2. The monoisotopic (exact) mass is 317 g/mol. The van der Waals surface area contributed by atoms with Crippen LogP contribution in [0.15, 0.2) is 23.0 Å². The third kappa shape index (κ3) is 2.32. The summed E-state index contributed by atoms with van der Waals surface area (Å²) < 4.78 is 1.77. The molecule has 6 nitrogen and oxygen atoms in total. The molecule has 23 heavy (non-hydrogen) atoms. The predicted octanol–water partition coefficient (Wildman–Crippen LogP) is 0.112. The molecule has 0 spiro atoms. The van der Waals surface area contributed by atoms with Crippen molar-refractivity contribution >= 4 is 5.91 Å². The number of nitrogens with one attached hydrogen (secondary N) is 1. The first kappa shape index (κ1) is 14.9. The zero-order valence-corrected chi connectivity index (χ0v) is 13.1. The second-order valence-electron chi connectivity index (χ2n) is 6.92. The van der Waals surface area contributed by atoms with Gasteiger partial charge in [0.05, 0.1) is 12.1 Å². The SMILES string of the molecule is O=C([C@H]1N[C@H]2c3cccc(=O)n3C[C@H]2[C@@H]1CO)N1CCCCC1. The molecule has 0 unspecified atom stereocenters. The number of fused-ring (bicyclic) bond motifs is 3. The maximum Gasteiger partial charge on any atom is 0.250 e. The van der Waals surface area contributed by atoms with E-state index in [4.69, 9.17) is 0 Å². The Hall–Kier alpha value is -1.66. The number of carbonyl (C=O) groups is 1. The van der Waals surface area contributed by atoms with Crippen molar-refractivity contribution in [3.8, 4) is 0 Å². The van der Waals surface area contributed by atoms with Gasteiger partial charge in [-0.25, -0.2) is 0 Å². The van der Waals surface area contributed by atoms with Gasteiger partial charge in [-0.15, -0.1) is 0 Å². The Labute approximate surface area is 135 Å². The topological polar surface area (TPSA) is 74.6 Å². The molecule has 1 amide bonds. The van der Waals surface area contributed by atoms with E-state index in [1.54, 1.807) is 16.7 Å². The Bertz CT molecular complexity index is 665. The van der Waals surface area contributed by atoms with Crippen LogP contribution < -0.4 is 10.9 Å². The van der Waals surface area contributed by atoms with Crippen molar-refractivity contribution in [1.82, 2.24) is 14.8 Å². The molecule has 1 aromatic rings. The Kier molecular flexibility index (Phi) is 3.73. The second-order valence-corrected chi connectivity index (χ2v) is 6.92. The fourth-order valence-electron chi connectivity index (χ4n) is 4.50. The van der Waals surface area contributed by atoms with Crippen molar-refractivity contribution in [2.24, 2.45) is 11.8 Å². The number of rotatable bonds is 2. The van der Waals surface area contributed by atoms with E-state index in [0.29, 0.717) is 6.54 Å². The molecule has 6 heteroatoms. The highest BCUT2D eigenvalue weighted by atomic mass is 16.3. The van der Waals surface area contributed by atoms with Gasteiger partial charge in [0.2, 0.25) is 5.91 Å². The zero-order valence-electron chi connectivity index (χ0n) is 13.1. The van der Waals surface area contributed by atoms with Crippen LogP contribution in [0.25, 0.3) is 0 Å². The van der Waals surface area contributed by atoms with Crippen molar-refractivity contribution in [3.63, 3.8) is 0 Å². The molecule has 2 fully saturated rings.